The molecule has 0 fully saturated rings. The number of anilines is 2. The molecule has 10 nitrogen and oxygen atoms in total. The van der Waals surface area contributed by atoms with Gasteiger partial charge in [0.2, 0.25) is 0 Å². The van der Waals surface area contributed by atoms with E-state index in [0.717, 1.165) is 5.56 Å². The van der Waals surface area contributed by atoms with Crippen LogP contribution in [0.2, 0.25) is 5.02 Å². The summed E-state index contributed by atoms with van der Waals surface area (Å²) in [6, 6.07) is 10.8. The van der Waals surface area contributed by atoms with Crippen molar-refractivity contribution in [3.8, 4) is 11.5 Å². The van der Waals surface area contributed by atoms with E-state index in [0.29, 0.717) is 34.3 Å². The lowest BCUT2D eigenvalue weighted by molar-refractivity contribution is -0.118. The maximum atomic E-state index is 12.1. The number of halogens is 1. The Morgan fingerprint density at radius 3 is 2.66 bits per heavy atom. The van der Waals surface area contributed by atoms with Crippen LogP contribution in [0.15, 0.2) is 36.4 Å². The predicted molar refractivity (Wildman–Crippen MR) is 109 cm³/mol. The van der Waals surface area contributed by atoms with E-state index >= 15 is 0 Å². The van der Waals surface area contributed by atoms with Crippen LogP contribution < -0.4 is 25.9 Å². The number of aromatic nitrogens is 4. The number of nitrogens with one attached hydrogen (secondary N) is 2. The Morgan fingerprint density at radius 2 is 2.00 bits per heavy atom. The van der Waals surface area contributed by atoms with Crippen molar-refractivity contribution < 1.29 is 14.3 Å². The monoisotopic (exact) mass is 417 g/mol. The average molecular weight is 418 g/mol. The van der Waals surface area contributed by atoms with Crippen molar-refractivity contribution in [3.63, 3.8) is 0 Å². The van der Waals surface area contributed by atoms with Crippen molar-refractivity contribution >= 4 is 29.1 Å². The van der Waals surface area contributed by atoms with E-state index in [2.05, 4.69) is 26.3 Å². The maximum Gasteiger partial charge on any atom is 0.262 e. The third-order valence-electron chi connectivity index (χ3n) is 3.94. The predicted octanol–water partition coefficient (Wildman–Crippen LogP) is 1.99. The van der Waals surface area contributed by atoms with Gasteiger partial charge in [0.05, 0.1) is 13.7 Å². The molecule has 0 atom stereocenters. The summed E-state index contributed by atoms with van der Waals surface area (Å²) in [5, 5.41) is 13.9. The molecule has 11 heteroatoms. The first-order chi connectivity index (χ1) is 14.0. The highest BCUT2D eigenvalue weighted by Crippen LogP contribution is 2.33. The van der Waals surface area contributed by atoms with Crippen LogP contribution in [0.25, 0.3) is 0 Å². The molecule has 29 heavy (non-hydrogen) atoms. The van der Waals surface area contributed by atoms with E-state index in [1.165, 1.54) is 11.9 Å². The van der Waals surface area contributed by atoms with Crippen LogP contribution >= 0.6 is 11.6 Å². The highest BCUT2D eigenvalue weighted by atomic mass is 35.5. The van der Waals surface area contributed by atoms with Gasteiger partial charge in [0, 0.05) is 16.8 Å². The molecule has 4 N–H and O–H groups in total. The van der Waals surface area contributed by atoms with Gasteiger partial charge >= 0.3 is 0 Å². The van der Waals surface area contributed by atoms with Crippen LogP contribution in [0.3, 0.4) is 0 Å². The number of nitrogens with zero attached hydrogens (tertiary/aromatic N) is 4. The average Bonchev–Trinajstić information content (AvgIpc) is 3.12. The molecule has 0 saturated heterocycles. The fourth-order valence-corrected chi connectivity index (χ4v) is 2.65. The SMILES string of the molecule is COc1cc(CNn2nnnc2N)c(Cl)cc1OCC(=O)Nc1ccc(C)cc1. The van der Waals surface area contributed by atoms with Crippen LogP contribution in [0.1, 0.15) is 11.1 Å². The number of carbonyl (C=O) groups excluding carboxylic acids is 1. The minimum Gasteiger partial charge on any atom is -0.493 e. The van der Waals surface area contributed by atoms with Gasteiger partial charge in [-0.1, -0.05) is 34.4 Å². The van der Waals surface area contributed by atoms with E-state index in [4.69, 9.17) is 26.8 Å². The van der Waals surface area contributed by atoms with E-state index in [1.54, 1.807) is 12.1 Å². The summed E-state index contributed by atoms with van der Waals surface area (Å²) in [6.07, 6.45) is 0. The topological polar surface area (TPSA) is 129 Å². The summed E-state index contributed by atoms with van der Waals surface area (Å²) in [7, 11) is 1.50. The number of ether oxygens (including phenoxy) is 2. The summed E-state index contributed by atoms with van der Waals surface area (Å²) < 4.78 is 10.9. The second-order valence-corrected chi connectivity index (χ2v) is 6.49. The van der Waals surface area contributed by atoms with E-state index < -0.39 is 0 Å². The van der Waals surface area contributed by atoms with E-state index in [1.807, 2.05) is 31.2 Å². The molecule has 3 rings (SSSR count). The van der Waals surface area contributed by atoms with Gasteiger partial charge in [-0.2, -0.15) is 0 Å². The third-order valence-corrected chi connectivity index (χ3v) is 4.29. The summed E-state index contributed by atoms with van der Waals surface area (Å²) in [5.41, 5.74) is 11.0. The minimum atomic E-state index is -0.299. The van der Waals surface area contributed by atoms with Crippen LogP contribution in [0, 0.1) is 6.92 Å². The first-order valence-corrected chi connectivity index (χ1v) is 8.97. The van der Waals surface area contributed by atoms with Crippen LogP contribution in [0.5, 0.6) is 11.5 Å². The number of hydrogen-bond donors (Lipinski definition) is 3. The van der Waals surface area contributed by atoms with E-state index in [-0.39, 0.29) is 18.5 Å². The van der Waals surface area contributed by atoms with Gasteiger partial charge in [-0.05, 0) is 41.1 Å². The maximum absolute atomic E-state index is 12.1. The number of aryl methyl sites for hydroxylation is 1. The smallest absolute Gasteiger partial charge is 0.262 e. The molecule has 2 aromatic carbocycles. The quantitative estimate of drug-likeness (QED) is 0.507. The number of nitrogens with two attached hydrogens (primary N) is 1. The second kappa shape index (κ2) is 9.11. The van der Waals surface area contributed by atoms with Crippen LogP contribution in [-0.2, 0) is 11.3 Å². The third kappa shape index (κ3) is 5.26. The molecule has 1 heterocycles. The number of tetrazole rings is 1. The second-order valence-electron chi connectivity index (χ2n) is 6.08. The molecule has 1 aromatic heterocycles. The number of benzene rings is 2. The van der Waals surface area contributed by atoms with Crippen molar-refractivity contribution in [2.75, 3.05) is 30.2 Å². The normalized spacial score (nSPS) is 10.4. The van der Waals surface area contributed by atoms with Gasteiger partial charge in [0.1, 0.15) is 0 Å². The van der Waals surface area contributed by atoms with Crippen LogP contribution in [0.4, 0.5) is 11.6 Å². The number of methoxy groups -OCH3 is 1. The Balaban J connectivity index is 1.63. The van der Waals surface area contributed by atoms with Crippen molar-refractivity contribution in [2.45, 2.75) is 13.5 Å². The molecule has 0 unspecified atom stereocenters. The summed E-state index contributed by atoms with van der Waals surface area (Å²) >= 11 is 6.33. The van der Waals surface area contributed by atoms with E-state index in [9.17, 15) is 4.79 Å². The Bertz CT molecular complexity index is 992. The van der Waals surface area contributed by atoms with Gasteiger partial charge in [0.25, 0.3) is 11.9 Å². The molecule has 1 amide bonds. The summed E-state index contributed by atoms with van der Waals surface area (Å²) in [4.78, 5) is 13.4. The molecular formula is C18H20ClN7O3. The highest BCUT2D eigenvalue weighted by molar-refractivity contribution is 6.31. The van der Waals surface area contributed by atoms with Crippen LogP contribution in [-0.4, -0.2) is 39.9 Å². The fourth-order valence-electron chi connectivity index (χ4n) is 2.43. The number of hydrogen-bond acceptors (Lipinski definition) is 8. The molecule has 0 spiro atoms. The molecule has 152 valence electrons. The first-order valence-electron chi connectivity index (χ1n) is 8.59. The summed E-state index contributed by atoms with van der Waals surface area (Å²) in [5.74, 6) is 0.598. The zero-order chi connectivity index (χ0) is 20.8. The minimum absolute atomic E-state index is 0.118. The van der Waals surface area contributed by atoms with Gasteiger partial charge < -0.3 is 25.9 Å². The largest absolute Gasteiger partial charge is 0.493 e. The Morgan fingerprint density at radius 1 is 1.24 bits per heavy atom. The molecule has 0 aliphatic carbocycles. The molecule has 0 radical (unpaired) electrons. The molecule has 0 saturated carbocycles. The summed E-state index contributed by atoms with van der Waals surface area (Å²) in [6.45, 7) is 2.07. The molecular weight excluding hydrogens is 398 g/mol. The van der Waals surface area contributed by atoms with Gasteiger partial charge in [0.15, 0.2) is 18.1 Å². The fraction of sp³-hybridized carbons (Fsp3) is 0.222. The molecule has 0 aliphatic heterocycles. The zero-order valence-corrected chi connectivity index (χ0v) is 16.6. The number of nitrogen functional groups attached to an aromatic ring is 1. The number of rotatable bonds is 8. The van der Waals surface area contributed by atoms with Gasteiger partial charge in [-0.25, -0.2) is 0 Å². The number of carbonyl (C=O) groups is 1. The molecule has 0 aliphatic rings. The van der Waals surface area contributed by atoms with Crippen molar-refractivity contribution in [1.29, 1.82) is 0 Å². The lowest BCUT2D eigenvalue weighted by Crippen LogP contribution is -2.20. The van der Waals surface area contributed by atoms with Gasteiger partial charge in [-0.15, -0.1) is 4.79 Å². The lowest BCUT2D eigenvalue weighted by atomic mass is 10.2. The van der Waals surface area contributed by atoms with Gasteiger partial charge in [-0.3, -0.25) is 4.79 Å². The Hall–Kier alpha value is -3.53. The zero-order valence-electron chi connectivity index (χ0n) is 15.8. The lowest BCUT2D eigenvalue weighted by Gasteiger charge is -2.14. The first kappa shape index (κ1) is 20.2. The number of amides is 1. The van der Waals surface area contributed by atoms with Crippen molar-refractivity contribution in [1.82, 2.24) is 20.3 Å². The molecule has 3 aromatic rings. The molecule has 0 bridgehead atoms. The highest BCUT2D eigenvalue weighted by Gasteiger charge is 2.13. The van der Waals surface area contributed by atoms with Crippen molar-refractivity contribution in [3.05, 3.63) is 52.5 Å². The Kier molecular flexibility index (Phi) is 6.35. The van der Waals surface area contributed by atoms with Crippen molar-refractivity contribution in [2.24, 2.45) is 0 Å². The standard InChI is InChI=1S/C18H20ClN7O3/c1-11-3-5-13(6-4-11)22-17(27)10-29-16-8-14(19)12(7-15(16)28-2)9-21-26-18(20)23-24-25-26/h3-8,21H,9-10H2,1-2H3,(H,22,27)(H2,20,23,25). The Labute approximate surface area is 171 Å².